The van der Waals surface area contributed by atoms with Crippen LogP contribution in [0.1, 0.15) is 25.3 Å². The Morgan fingerprint density at radius 3 is 2.92 bits per heavy atom. The molecule has 0 unspecified atom stereocenters. The summed E-state index contributed by atoms with van der Waals surface area (Å²) in [5, 5.41) is 0. The first-order valence-electron chi connectivity index (χ1n) is 5.10. The fraction of sp³-hybridized carbons (Fsp3) is 0.500. The van der Waals surface area contributed by atoms with Crippen molar-refractivity contribution in [3.63, 3.8) is 0 Å². The molecule has 0 aromatic heterocycles. The SMILES string of the molecule is CCc1cccc(OCC2CC2)c1. The molecule has 0 N–H and O–H groups in total. The molecule has 0 amide bonds. The smallest absolute Gasteiger partial charge is 0.119 e. The maximum absolute atomic E-state index is 5.67. The molecular formula is C12H16O. The van der Waals surface area contributed by atoms with Gasteiger partial charge in [-0.1, -0.05) is 19.1 Å². The van der Waals surface area contributed by atoms with Crippen LogP contribution in [0.3, 0.4) is 0 Å². The Hall–Kier alpha value is -0.980. The minimum absolute atomic E-state index is 0.838. The van der Waals surface area contributed by atoms with Gasteiger partial charge in [-0.15, -0.1) is 0 Å². The highest BCUT2D eigenvalue weighted by molar-refractivity contribution is 5.28. The van der Waals surface area contributed by atoms with Crippen LogP contribution < -0.4 is 4.74 Å². The van der Waals surface area contributed by atoms with Gasteiger partial charge in [0.2, 0.25) is 0 Å². The Kier molecular flexibility index (Phi) is 2.53. The first-order valence-corrected chi connectivity index (χ1v) is 5.10. The maximum atomic E-state index is 5.67. The first-order chi connectivity index (χ1) is 6.38. The summed E-state index contributed by atoms with van der Waals surface area (Å²) in [5.41, 5.74) is 1.35. The van der Waals surface area contributed by atoms with E-state index in [2.05, 4.69) is 25.1 Å². The van der Waals surface area contributed by atoms with Crippen molar-refractivity contribution >= 4 is 0 Å². The molecule has 1 aliphatic rings. The molecule has 0 atom stereocenters. The van der Waals surface area contributed by atoms with E-state index in [-0.39, 0.29) is 0 Å². The lowest BCUT2D eigenvalue weighted by molar-refractivity contribution is 0.299. The van der Waals surface area contributed by atoms with Crippen molar-refractivity contribution in [2.75, 3.05) is 6.61 Å². The molecule has 0 bridgehead atoms. The maximum Gasteiger partial charge on any atom is 0.119 e. The molecule has 1 aromatic rings. The second kappa shape index (κ2) is 3.82. The van der Waals surface area contributed by atoms with Gasteiger partial charge in [-0.05, 0) is 42.9 Å². The highest BCUT2D eigenvalue weighted by Gasteiger charge is 2.21. The summed E-state index contributed by atoms with van der Waals surface area (Å²) in [5.74, 6) is 1.87. The van der Waals surface area contributed by atoms with Gasteiger partial charge in [0.05, 0.1) is 6.61 Å². The van der Waals surface area contributed by atoms with Crippen LogP contribution in [0.25, 0.3) is 0 Å². The summed E-state index contributed by atoms with van der Waals surface area (Å²) in [6.45, 7) is 3.08. The van der Waals surface area contributed by atoms with E-state index in [4.69, 9.17) is 4.74 Å². The molecule has 0 radical (unpaired) electrons. The van der Waals surface area contributed by atoms with Crippen molar-refractivity contribution in [3.8, 4) is 5.75 Å². The summed E-state index contributed by atoms with van der Waals surface area (Å²) in [6, 6.07) is 8.40. The number of rotatable bonds is 4. The van der Waals surface area contributed by atoms with E-state index < -0.39 is 0 Å². The Morgan fingerprint density at radius 2 is 2.23 bits per heavy atom. The van der Waals surface area contributed by atoms with Crippen LogP contribution in [0.2, 0.25) is 0 Å². The van der Waals surface area contributed by atoms with E-state index in [1.54, 1.807) is 0 Å². The molecule has 0 aliphatic heterocycles. The van der Waals surface area contributed by atoms with Crippen LogP contribution >= 0.6 is 0 Å². The normalized spacial score (nSPS) is 15.8. The van der Waals surface area contributed by atoms with Crippen molar-refractivity contribution in [1.82, 2.24) is 0 Å². The van der Waals surface area contributed by atoms with Gasteiger partial charge in [0.15, 0.2) is 0 Å². The van der Waals surface area contributed by atoms with Crippen molar-refractivity contribution in [2.24, 2.45) is 5.92 Å². The van der Waals surface area contributed by atoms with Crippen molar-refractivity contribution < 1.29 is 4.74 Å². The van der Waals surface area contributed by atoms with Crippen LogP contribution in [0.4, 0.5) is 0 Å². The fourth-order valence-electron chi connectivity index (χ4n) is 1.35. The van der Waals surface area contributed by atoms with Crippen LogP contribution in [-0.2, 0) is 6.42 Å². The molecule has 70 valence electrons. The van der Waals surface area contributed by atoms with E-state index in [0.29, 0.717) is 0 Å². The number of hydrogen-bond donors (Lipinski definition) is 0. The van der Waals surface area contributed by atoms with Crippen LogP contribution in [-0.4, -0.2) is 6.61 Å². The summed E-state index contributed by atoms with van der Waals surface area (Å²) < 4.78 is 5.67. The van der Waals surface area contributed by atoms with Gasteiger partial charge >= 0.3 is 0 Å². The first kappa shape index (κ1) is 8.61. The third-order valence-electron chi connectivity index (χ3n) is 2.49. The van der Waals surface area contributed by atoms with E-state index >= 15 is 0 Å². The van der Waals surface area contributed by atoms with Gasteiger partial charge in [-0.2, -0.15) is 0 Å². The van der Waals surface area contributed by atoms with E-state index in [9.17, 15) is 0 Å². The number of hydrogen-bond acceptors (Lipinski definition) is 1. The molecule has 1 fully saturated rings. The quantitative estimate of drug-likeness (QED) is 0.685. The summed E-state index contributed by atoms with van der Waals surface area (Å²) in [7, 11) is 0. The molecule has 0 heterocycles. The minimum atomic E-state index is 0.838. The number of aryl methyl sites for hydroxylation is 1. The van der Waals surface area contributed by atoms with Crippen molar-refractivity contribution in [3.05, 3.63) is 29.8 Å². The Bertz CT molecular complexity index is 276. The van der Waals surface area contributed by atoms with Crippen LogP contribution in [0, 0.1) is 5.92 Å². The molecule has 1 nitrogen and oxygen atoms in total. The third-order valence-corrected chi connectivity index (χ3v) is 2.49. The molecule has 2 rings (SSSR count). The second-order valence-electron chi connectivity index (χ2n) is 3.76. The average molecular weight is 176 g/mol. The standard InChI is InChI=1S/C12H16O/c1-2-10-4-3-5-12(8-10)13-9-11-6-7-11/h3-5,8,11H,2,6-7,9H2,1H3. The Morgan fingerprint density at radius 1 is 1.38 bits per heavy atom. The molecular weight excluding hydrogens is 160 g/mol. The topological polar surface area (TPSA) is 9.23 Å². The fourth-order valence-corrected chi connectivity index (χ4v) is 1.35. The third kappa shape index (κ3) is 2.48. The van der Waals surface area contributed by atoms with Crippen molar-refractivity contribution in [1.29, 1.82) is 0 Å². The van der Waals surface area contributed by atoms with E-state index in [0.717, 1.165) is 24.7 Å². The minimum Gasteiger partial charge on any atom is -0.493 e. The summed E-state index contributed by atoms with van der Waals surface area (Å²) in [6.07, 6.45) is 3.79. The molecule has 0 spiro atoms. The largest absolute Gasteiger partial charge is 0.493 e. The van der Waals surface area contributed by atoms with Gasteiger partial charge in [0.1, 0.15) is 5.75 Å². The van der Waals surface area contributed by atoms with Crippen molar-refractivity contribution in [2.45, 2.75) is 26.2 Å². The van der Waals surface area contributed by atoms with E-state index in [1.165, 1.54) is 18.4 Å². The zero-order chi connectivity index (χ0) is 9.10. The monoisotopic (exact) mass is 176 g/mol. The van der Waals surface area contributed by atoms with Gasteiger partial charge in [-0.25, -0.2) is 0 Å². The highest BCUT2D eigenvalue weighted by Crippen LogP contribution is 2.29. The highest BCUT2D eigenvalue weighted by atomic mass is 16.5. The van der Waals surface area contributed by atoms with Gasteiger partial charge < -0.3 is 4.74 Å². The Balaban J connectivity index is 1.93. The van der Waals surface area contributed by atoms with E-state index in [1.807, 2.05) is 6.07 Å². The zero-order valence-corrected chi connectivity index (χ0v) is 8.12. The zero-order valence-electron chi connectivity index (χ0n) is 8.12. The molecule has 1 aliphatic carbocycles. The molecule has 0 saturated heterocycles. The molecule has 1 heteroatoms. The lowest BCUT2D eigenvalue weighted by Gasteiger charge is -2.05. The molecule has 13 heavy (non-hydrogen) atoms. The van der Waals surface area contributed by atoms with Crippen LogP contribution in [0.15, 0.2) is 24.3 Å². The molecule has 1 aromatic carbocycles. The van der Waals surface area contributed by atoms with Gasteiger partial charge in [0.25, 0.3) is 0 Å². The second-order valence-corrected chi connectivity index (χ2v) is 3.76. The van der Waals surface area contributed by atoms with Gasteiger partial charge in [0, 0.05) is 0 Å². The lowest BCUT2D eigenvalue weighted by Crippen LogP contribution is -1.98. The van der Waals surface area contributed by atoms with Gasteiger partial charge in [-0.3, -0.25) is 0 Å². The molecule has 1 saturated carbocycles. The summed E-state index contributed by atoms with van der Waals surface area (Å²) in [4.78, 5) is 0. The average Bonchev–Trinajstić information content (AvgIpc) is 2.99. The lowest BCUT2D eigenvalue weighted by atomic mass is 10.2. The predicted octanol–water partition coefficient (Wildman–Crippen LogP) is 3.04. The number of benzene rings is 1. The van der Waals surface area contributed by atoms with Crippen LogP contribution in [0.5, 0.6) is 5.75 Å². The number of ether oxygens (including phenoxy) is 1. The predicted molar refractivity (Wildman–Crippen MR) is 54.0 cm³/mol. The Labute approximate surface area is 79.7 Å². The summed E-state index contributed by atoms with van der Waals surface area (Å²) >= 11 is 0.